The van der Waals surface area contributed by atoms with Gasteiger partial charge in [0.15, 0.2) is 0 Å². The molecule has 0 saturated heterocycles. The molecule has 0 spiro atoms. The van der Waals surface area contributed by atoms with E-state index in [1.165, 1.54) is 44.9 Å². The highest BCUT2D eigenvalue weighted by Gasteiger charge is 2.16. The van der Waals surface area contributed by atoms with Gasteiger partial charge in [-0.1, -0.05) is 20.3 Å². The Balaban J connectivity index is 0.000000519. The van der Waals surface area contributed by atoms with Crippen molar-refractivity contribution >= 4 is 23.4 Å². The van der Waals surface area contributed by atoms with Crippen LogP contribution in [0.3, 0.4) is 0 Å². The molecule has 0 aliphatic carbocycles. The van der Waals surface area contributed by atoms with Crippen LogP contribution in [0, 0.1) is 0 Å². The van der Waals surface area contributed by atoms with Crippen LogP contribution in [0.25, 0.3) is 0 Å². The van der Waals surface area contributed by atoms with Gasteiger partial charge in [-0.05, 0) is 55.5 Å². The second-order valence-corrected chi connectivity index (χ2v) is 5.91. The molecule has 0 aromatic heterocycles. The summed E-state index contributed by atoms with van der Waals surface area (Å²) >= 11 is 0. The average molecular weight is 431 g/mol. The van der Waals surface area contributed by atoms with Crippen molar-refractivity contribution < 1.29 is 33.4 Å². The normalized spacial score (nSPS) is 9.06. The van der Waals surface area contributed by atoms with E-state index in [-0.39, 0.29) is 12.2 Å². The molecule has 2 aromatic carbocycles. The highest BCUT2D eigenvalue weighted by Crippen LogP contribution is 2.12. The maximum Gasteiger partial charge on any atom is 0.379 e. The number of primary amides is 1. The Morgan fingerprint density at radius 1 is 0.710 bits per heavy atom. The van der Waals surface area contributed by atoms with Crippen LogP contribution in [0.5, 0.6) is 11.5 Å². The topological polar surface area (TPSA) is 122 Å². The fraction of sp³-hybridized carbons (Fsp3) is 0.304. The Bertz CT molecular complexity index is 843. The third-order valence-electron chi connectivity index (χ3n) is 3.39. The molecule has 168 valence electrons. The van der Waals surface area contributed by atoms with Crippen LogP contribution < -0.4 is 15.2 Å². The van der Waals surface area contributed by atoms with Crippen LogP contribution in [-0.4, -0.2) is 44.3 Å². The van der Waals surface area contributed by atoms with Gasteiger partial charge in [0.05, 0.1) is 20.8 Å². The Hall–Kier alpha value is -3.68. The first-order valence-electron chi connectivity index (χ1n) is 9.59. The average Bonchev–Trinajstić information content (AvgIpc) is 2.79. The van der Waals surface area contributed by atoms with Crippen LogP contribution in [0.2, 0.25) is 0 Å². The summed E-state index contributed by atoms with van der Waals surface area (Å²) in [6, 6.07) is 12.5. The molecule has 0 fully saturated rings. The number of carbonyl (C=O) groups excluding carboxylic acids is 4. The highest BCUT2D eigenvalue weighted by molar-refractivity contribution is 6.42. The van der Waals surface area contributed by atoms with E-state index in [1.54, 1.807) is 31.2 Å². The minimum atomic E-state index is -0.954. The number of ketones is 2. The van der Waals surface area contributed by atoms with Gasteiger partial charge < -0.3 is 19.9 Å². The number of rotatable bonds is 7. The summed E-state index contributed by atoms with van der Waals surface area (Å²) in [6.45, 7) is 6.10. The standard InChI is InChI=1S/C11H12O4.C9H9NO3.C3H8/c1-3-15-11(13)10(12)8-4-6-9(14-2)7-5-8;1-13-7-4-2-6(3-5-7)8(11)9(10)12;1-3-2/h4-7H,3H2,1-2H3;2-5H,1H3,(H2,10,12);3H2,1-2H3. The van der Waals surface area contributed by atoms with Crippen LogP contribution in [0.15, 0.2) is 48.5 Å². The second kappa shape index (κ2) is 15.2. The van der Waals surface area contributed by atoms with E-state index in [0.29, 0.717) is 17.1 Å². The Kier molecular flexibility index (Phi) is 13.4. The molecular weight excluding hydrogens is 402 g/mol. The molecule has 0 aliphatic heterocycles. The van der Waals surface area contributed by atoms with Gasteiger partial charge in [0.25, 0.3) is 11.7 Å². The Morgan fingerprint density at radius 3 is 1.35 bits per heavy atom. The fourth-order valence-electron chi connectivity index (χ4n) is 1.94. The minimum Gasteiger partial charge on any atom is -0.497 e. The first-order chi connectivity index (χ1) is 14.7. The van der Waals surface area contributed by atoms with Gasteiger partial charge in [-0.3, -0.25) is 14.4 Å². The van der Waals surface area contributed by atoms with Crippen molar-refractivity contribution in [3.63, 3.8) is 0 Å². The molecule has 8 nitrogen and oxygen atoms in total. The van der Waals surface area contributed by atoms with Crippen LogP contribution in [0.4, 0.5) is 0 Å². The molecule has 31 heavy (non-hydrogen) atoms. The molecule has 0 bridgehead atoms. The van der Waals surface area contributed by atoms with Gasteiger partial charge in [0.1, 0.15) is 11.5 Å². The molecule has 0 heterocycles. The number of amides is 1. The van der Waals surface area contributed by atoms with Gasteiger partial charge in [-0.25, -0.2) is 4.79 Å². The fourth-order valence-corrected chi connectivity index (χ4v) is 1.94. The molecule has 0 unspecified atom stereocenters. The first kappa shape index (κ1) is 27.3. The van der Waals surface area contributed by atoms with E-state index >= 15 is 0 Å². The molecule has 0 atom stereocenters. The Morgan fingerprint density at radius 2 is 1.06 bits per heavy atom. The van der Waals surface area contributed by atoms with Gasteiger partial charge in [0.2, 0.25) is 5.78 Å². The van der Waals surface area contributed by atoms with Crippen molar-refractivity contribution in [2.75, 3.05) is 20.8 Å². The third kappa shape index (κ3) is 10.1. The summed E-state index contributed by atoms with van der Waals surface area (Å²) in [4.78, 5) is 44.0. The van der Waals surface area contributed by atoms with Crippen molar-refractivity contribution in [3.05, 3.63) is 59.7 Å². The van der Waals surface area contributed by atoms with Crippen molar-refractivity contribution in [2.24, 2.45) is 5.73 Å². The molecule has 0 aliphatic rings. The van der Waals surface area contributed by atoms with E-state index in [1.807, 2.05) is 0 Å². The lowest BCUT2D eigenvalue weighted by Crippen LogP contribution is -2.22. The van der Waals surface area contributed by atoms with E-state index in [2.05, 4.69) is 18.6 Å². The SMILES string of the molecule is CCC.CCOC(=O)C(=O)c1ccc(OC)cc1.COc1ccc(C(=O)C(N)=O)cc1. The van der Waals surface area contributed by atoms with E-state index in [9.17, 15) is 19.2 Å². The predicted octanol–water partition coefficient (Wildman–Crippen LogP) is 3.22. The highest BCUT2D eigenvalue weighted by atomic mass is 16.5. The summed E-state index contributed by atoms with van der Waals surface area (Å²) in [7, 11) is 3.05. The number of ether oxygens (including phenoxy) is 3. The number of benzene rings is 2. The van der Waals surface area contributed by atoms with Crippen molar-refractivity contribution in [1.82, 2.24) is 0 Å². The number of esters is 1. The van der Waals surface area contributed by atoms with E-state index in [4.69, 9.17) is 15.2 Å². The number of Topliss-reactive ketones (excluding diaryl/α,β-unsaturated/α-hetero) is 2. The zero-order valence-corrected chi connectivity index (χ0v) is 18.5. The molecule has 0 radical (unpaired) electrons. The summed E-state index contributed by atoms with van der Waals surface area (Å²) in [5.41, 5.74) is 5.39. The quantitative estimate of drug-likeness (QED) is 0.406. The minimum absolute atomic E-state index is 0.195. The lowest BCUT2D eigenvalue weighted by atomic mass is 10.1. The van der Waals surface area contributed by atoms with Crippen LogP contribution in [-0.2, 0) is 14.3 Å². The molecular formula is C23H29NO7. The largest absolute Gasteiger partial charge is 0.497 e. The molecule has 2 rings (SSSR count). The maximum absolute atomic E-state index is 11.4. The number of nitrogens with two attached hydrogens (primary N) is 1. The zero-order chi connectivity index (χ0) is 23.8. The molecule has 1 amide bonds. The van der Waals surface area contributed by atoms with Crippen molar-refractivity contribution in [3.8, 4) is 11.5 Å². The maximum atomic E-state index is 11.4. The predicted molar refractivity (Wildman–Crippen MR) is 116 cm³/mol. The van der Waals surface area contributed by atoms with Crippen LogP contribution in [0.1, 0.15) is 47.9 Å². The molecule has 2 aromatic rings. The third-order valence-corrected chi connectivity index (χ3v) is 3.39. The first-order valence-corrected chi connectivity index (χ1v) is 9.59. The van der Waals surface area contributed by atoms with E-state index < -0.39 is 23.4 Å². The summed E-state index contributed by atoms with van der Waals surface area (Å²) in [6.07, 6.45) is 1.25. The monoisotopic (exact) mass is 431 g/mol. The van der Waals surface area contributed by atoms with Crippen molar-refractivity contribution in [1.29, 1.82) is 0 Å². The molecule has 8 heteroatoms. The number of hydrogen-bond donors (Lipinski definition) is 1. The number of hydrogen-bond acceptors (Lipinski definition) is 7. The van der Waals surface area contributed by atoms with Crippen molar-refractivity contribution in [2.45, 2.75) is 27.2 Å². The van der Waals surface area contributed by atoms with Gasteiger partial charge >= 0.3 is 5.97 Å². The second-order valence-electron chi connectivity index (χ2n) is 5.91. The van der Waals surface area contributed by atoms with Gasteiger partial charge in [-0.2, -0.15) is 0 Å². The zero-order valence-electron chi connectivity index (χ0n) is 18.5. The van der Waals surface area contributed by atoms with E-state index in [0.717, 1.165) is 0 Å². The lowest BCUT2D eigenvalue weighted by Gasteiger charge is -2.02. The van der Waals surface area contributed by atoms with Gasteiger partial charge in [0, 0.05) is 11.1 Å². The molecule has 0 saturated carbocycles. The van der Waals surface area contributed by atoms with Gasteiger partial charge in [-0.15, -0.1) is 0 Å². The number of carbonyl (C=O) groups is 4. The molecule has 2 N–H and O–H groups in total. The summed E-state index contributed by atoms with van der Waals surface area (Å²) in [5.74, 6) is -1.86. The lowest BCUT2D eigenvalue weighted by molar-refractivity contribution is -0.137. The number of methoxy groups -OCH3 is 2. The Labute approximate surface area is 182 Å². The smallest absolute Gasteiger partial charge is 0.379 e. The summed E-state index contributed by atoms with van der Waals surface area (Å²) < 4.78 is 14.4. The van der Waals surface area contributed by atoms with Crippen LogP contribution >= 0.6 is 0 Å². The summed E-state index contributed by atoms with van der Waals surface area (Å²) in [5, 5.41) is 0.